The molecule has 0 saturated heterocycles. The van der Waals surface area contributed by atoms with Gasteiger partial charge < -0.3 is 16.2 Å². The van der Waals surface area contributed by atoms with Crippen LogP contribution >= 0.6 is 0 Å². The second kappa shape index (κ2) is 4.18. The van der Waals surface area contributed by atoms with Gasteiger partial charge in [-0.2, -0.15) is 0 Å². The SMILES string of the molecule is CCC(C)(N)C(=O)NC(C(=O)O)C1CC1. The van der Waals surface area contributed by atoms with Crippen LogP contribution in [0.25, 0.3) is 0 Å². The number of carbonyl (C=O) groups excluding carboxylic acids is 1. The third kappa shape index (κ3) is 2.92. The first-order valence-electron chi connectivity index (χ1n) is 5.21. The summed E-state index contributed by atoms with van der Waals surface area (Å²) in [6, 6.07) is -0.771. The number of carbonyl (C=O) groups is 2. The number of aliphatic carboxylic acids is 1. The summed E-state index contributed by atoms with van der Waals surface area (Å²) in [7, 11) is 0. The maximum absolute atomic E-state index is 11.6. The Morgan fingerprint density at radius 1 is 1.60 bits per heavy atom. The Hall–Kier alpha value is -1.10. The van der Waals surface area contributed by atoms with Crippen LogP contribution < -0.4 is 11.1 Å². The van der Waals surface area contributed by atoms with Crippen molar-refractivity contribution in [3.8, 4) is 0 Å². The lowest BCUT2D eigenvalue weighted by Crippen LogP contribution is -2.56. The van der Waals surface area contributed by atoms with Crippen LogP contribution in [0.1, 0.15) is 33.1 Å². The number of rotatable bonds is 5. The summed E-state index contributed by atoms with van der Waals surface area (Å²) in [5.74, 6) is -1.28. The predicted molar refractivity (Wildman–Crippen MR) is 55.2 cm³/mol. The predicted octanol–water partition coefficient (Wildman–Crippen LogP) is 0.0932. The fourth-order valence-electron chi connectivity index (χ4n) is 1.28. The first kappa shape index (κ1) is 12.0. The lowest BCUT2D eigenvalue weighted by atomic mass is 9.98. The minimum absolute atomic E-state index is 0.0825. The fourth-order valence-corrected chi connectivity index (χ4v) is 1.28. The molecule has 0 aromatic carbocycles. The van der Waals surface area contributed by atoms with Crippen molar-refractivity contribution in [1.29, 1.82) is 0 Å². The second-order valence-corrected chi connectivity index (χ2v) is 4.40. The number of hydrogen-bond donors (Lipinski definition) is 3. The summed E-state index contributed by atoms with van der Waals surface area (Å²) in [6.45, 7) is 3.40. The molecular weight excluding hydrogens is 196 g/mol. The second-order valence-electron chi connectivity index (χ2n) is 4.40. The summed E-state index contributed by atoms with van der Waals surface area (Å²) < 4.78 is 0. The minimum atomic E-state index is -0.984. The zero-order valence-corrected chi connectivity index (χ0v) is 9.12. The first-order chi connectivity index (χ1) is 6.88. The lowest BCUT2D eigenvalue weighted by molar-refractivity contribution is -0.143. The standard InChI is InChI=1S/C10H18N2O3/c1-3-10(2,11)9(15)12-7(8(13)14)6-4-5-6/h6-7H,3-5,11H2,1-2H3,(H,12,15)(H,13,14). The molecular formula is C10H18N2O3. The zero-order chi connectivity index (χ0) is 11.6. The molecule has 1 rings (SSSR count). The van der Waals surface area contributed by atoms with Crippen molar-refractivity contribution < 1.29 is 14.7 Å². The average Bonchev–Trinajstić information content (AvgIpc) is 2.96. The van der Waals surface area contributed by atoms with Gasteiger partial charge in [0.1, 0.15) is 6.04 Å². The summed E-state index contributed by atoms with van der Waals surface area (Å²) >= 11 is 0. The molecule has 1 fully saturated rings. The monoisotopic (exact) mass is 214 g/mol. The molecule has 5 nitrogen and oxygen atoms in total. The lowest BCUT2D eigenvalue weighted by Gasteiger charge is -2.24. The number of carboxylic acids is 1. The van der Waals surface area contributed by atoms with E-state index in [9.17, 15) is 9.59 Å². The molecule has 15 heavy (non-hydrogen) atoms. The van der Waals surface area contributed by atoms with Crippen LogP contribution in [-0.2, 0) is 9.59 Å². The molecule has 2 unspecified atom stereocenters. The van der Waals surface area contributed by atoms with Gasteiger partial charge in [0.05, 0.1) is 5.54 Å². The first-order valence-corrected chi connectivity index (χ1v) is 5.21. The largest absolute Gasteiger partial charge is 0.480 e. The zero-order valence-electron chi connectivity index (χ0n) is 9.12. The topological polar surface area (TPSA) is 92.4 Å². The van der Waals surface area contributed by atoms with Crippen molar-refractivity contribution >= 4 is 11.9 Å². The van der Waals surface area contributed by atoms with E-state index in [0.29, 0.717) is 6.42 Å². The van der Waals surface area contributed by atoms with E-state index in [1.165, 1.54) is 0 Å². The molecule has 0 aromatic rings. The molecule has 1 amide bonds. The highest BCUT2D eigenvalue weighted by Crippen LogP contribution is 2.32. The smallest absolute Gasteiger partial charge is 0.326 e. The summed E-state index contributed by atoms with van der Waals surface area (Å²) in [6.07, 6.45) is 2.21. The Morgan fingerprint density at radius 3 is 2.47 bits per heavy atom. The molecule has 1 aliphatic rings. The van der Waals surface area contributed by atoms with Gasteiger partial charge in [-0.1, -0.05) is 6.92 Å². The normalized spacial score (nSPS) is 21.5. The van der Waals surface area contributed by atoms with E-state index in [4.69, 9.17) is 10.8 Å². The molecule has 0 heterocycles. The number of nitrogens with one attached hydrogen (secondary N) is 1. The highest BCUT2D eigenvalue weighted by atomic mass is 16.4. The summed E-state index contributed by atoms with van der Waals surface area (Å²) in [5.41, 5.74) is 4.74. The van der Waals surface area contributed by atoms with Crippen LogP contribution in [0.2, 0.25) is 0 Å². The van der Waals surface area contributed by atoms with Gasteiger partial charge in [-0.3, -0.25) is 4.79 Å². The van der Waals surface area contributed by atoms with Crippen LogP contribution in [0.15, 0.2) is 0 Å². The van der Waals surface area contributed by atoms with Crippen LogP contribution in [0.3, 0.4) is 0 Å². The Morgan fingerprint density at radius 2 is 2.13 bits per heavy atom. The molecule has 0 bridgehead atoms. The summed E-state index contributed by atoms with van der Waals surface area (Å²) in [4.78, 5) is 22.5. The Bertz CT molecular complexity index is 272. The van der Waals surface area contributed by atoms with Crippen molar-refractivity contribution in [3.05, 3.63) is 0 Å². The molecule has 86 valence electrons. The van der Waals surface area contributed by atoms with Gasteiger partial charge in [-0.05, 0) is 32.1 Å². The molecule has 2 atom stereocenters. The number of amides is 1. The van der Waals surface area contributed by atoms with Crippen LogP contribution in [0.4, 0.5) is 0 Å². The van der Waals surface area contributed by atoms with Crippen LogP contribution in [-0.4, -0.2) is 28.6 Å². The average molecular weight is 214 g/mol. The summed E-state index contributed by atoms with van der Waals surface area (Å²) in [5, 5.41) is 11.4. The molecule has 1 saturated carbocycles. The Balaban J connectivity index is 2.58. The third-order valence-electron chi connectivity index (χ3n) is 2.90. The highest BCUT2D eigenvalue weighted by Gasteiger charge is 2.39. The van der Waals surface area contributed by atoms with E-state index in [-0.39, 0.29) is 11.8 Å². The van der Waals surface area contributed by atoms with Gasteiger partial charge in [-0.25, -0.2) is 4.79 Å². The molecule has 4 N–H and O–H groups in total. The number of nitrogens with two attached hydrogens (primary N) is 1. The maximum Gasteiger partial charge on any atom is 0.326 e. The van der Waals surface area contributed by atoms with Crippen molar-refractivity contribution in [3.63, 3.8) is 0 Å². The van der Waals surface area contributed by atoms with E-state index in [1.807, 2.05) is 0 Å². The Kier molecular flexibility index (Phi) is 3.34. The molecule has 0 spiro atoms. The van der Waals surface area contributed by atoms with E-state index in [2.05, 4.69) is 5.32 Å². The van der Waals surface area contributed by atoms with E-state index >= 15 is 0 Å². The Labute approximate surface area is 89.0 Å². The van der Waals surface area contributed by atoms with Crippen LogP contribution in [0.5, 0.6) is 0 Å². The van der Waals surface area contributed by atoms with Crippen molar-refractivity contribution in [2.45, 2.75) is 44.7 Å². The van der Waals surface area contributed by atoms with Crippen molar-refractivity contribution in [2.24, 2.45) is 11.7 Å². The van der Waals surface area contributed by atoms with Gasteiger partial charge >= 0.3 is 5.97 Å². The molecule has 0 radical (unpaired) electrons. The van der Waals surface area contributed by atoms with Crippen molar-refractivity contribution in [2.75, 3.05) is 0 Å². The minimum Gasteiger partial charge on any atom is -0.480 e. The highest BCUT2D eigenvalue weighted by molar-refractivity contribution is 5.89. The van der Waals surface area contributed by atoms with Gasteiger partial charge in [0, 0.05) is 0 Å². The van der Waals surface area contributed by atoms with Gasteiger partial charge in [0.25, 0.3) is 0 Å². The molecule has 0 aromatic heterocycles. The maximum atomic E-state index is 11.6. The van der Waals surface area contributed by atoms with Gasteiger partial charge in [0.2, 0.25) is 5.91 Å². The molecule has 1 aliphatic carbocycles. The number of carboxylic acid groups (broad SMARTS) is 1. The molecule has 0 aliphatic heterocycles. The van der Waals surface area contributed by atoms with Gasteiger partial charge in [-0.15, -0.1) is 0 Å². The van der Waals surface area contributed by atoms with E-state index < -0.39 is 17.6 Å². The fraction of sp³-hybridized carbons (Fsp3) is 0.800. The molecule has 5 heteroatoms. The van der Waals surface area contributed by atoms with Gasteiger partial charge in [0.15, 0.2) is 0 Å². The van der Waals surface area contributed by atoms with E-state index in [0.717, 1.165) is 12.8 Å². The van der Waals surface area contributed by atoms with Crippen molar-refractivity contribution in [1.82, 2.24) is 5.32 Å². The number of hydrogen-bond acceptors (Lipinski definition) is 3. The van der Waals surface area contributed by atoms with Crippen LogP contribution in [0, 0.1) is 5.92 Å². The van der Waals surface area contributed by atoms with E-state index in [1.54, 1.807) is 13.8 Å². The quantitative estimate of drug-likeness (QED) is 0.605. The third-order valence-corrected chi connectivity index (χ3v) is 2.90.